The Bertz CT molecular complexity index is 190. The smallest absolute Gasteiger partial charge is 0.220 e. The molecule has 0 saturated carbocycles. The van der Waals surface area contributed by atoms with E-state index in [1.807, 2.05) is 0 Å². The SMILES string of the molecule is CC(=O)N1CCC[C@H]1C#N.Cl.Cl. The van der Waals surface area contributed by atoms with Crippen LogP contribution in [-0.2, 0) is 4.79 Å². The van der Waals surface area contributed by atoms with Crippen molar-refractivity contribution in [2.24, 2.45) is 0 Å². The third-order valence-electron chi connectivity index (χ3n) is 1.81. The van der Waals surface area contributed by atoms with E-state index >= 15 is 0 Å². The first-order valence-electron chi connectivity index (χ1n) is 3.42. The van der Waals surface area contributed by atoms with Gasteiger partial charge in [0.25, 0.3) is 0 Å². The van der Waals surface area contributed by atoms with Crippen LogP contribution in [0.5, 0.6) is 0 Å². The largest absolute Gasteiger partial charge is 0.327 e. The Kier molecular flexibility index (Phi) is 7.16. The van der Waals surface area contributed by atoms with Crippen molar-refractivity contribution in [1.82, 2.24) is 4.90 Å². The second-order valence-corrected chi connectivity index (χ2v) is 2.50. The summed E-state index contributed by atoms with van der Waals surface area (Å²) < 4.78 is 0. The van der Waals surface area contributed by atoms with E-state index in [2.05, 4.69) is 6.07 Å². The number of nitriles is 1. The quantitative estimate of drug-likeness (QED) is 0.607. The lowest BCUT2D eigenvalue weighted by Gasteiger charge is -2.16. The Balaban J connectivity index is 0. The standard InChI is InChI=1S/C7H10N2O.2ClH/c1-6(10)9-4-2-3-7(9)5-8;;/h7H,2-4H2,1H3;2*1H/t7-;;/m0../s1. The van der Waals surface area contributed by atoms with Gasteiger partial charge in [-0.2, -0.15) is 5.26 Å². The third-order valence-corrected chi connectivity index (χ3v) is 1.81. The van der Waals surface area contributed by atoms with Crippen LogP contribution >= 0.6 is 24.8 Å². The molecule has 1 aliphatic heterocycles. The van der Waals surface area contributed by atoms with Crippen molar-refractivity contribution >= 4 is 30.7 Å². The highest BCUT2D eigenvalue weighted by atomic mass is 35.5. The van der Waals surface area contributed by atoms with Crippen molar-refractivity contribution in [2.45, 2.75) is 25.8 Å². The number of nitrogens with zero attached hydrogens (tertiary/aromatic N) is 2. The fourth-order valence-electron chi connectivity index (χ4n) is 1.28. The number of carbonyl (C=O) groups is 1. The predicted molar refractivity (Wildman–Crippen MR) is 50.5 cm³/mol. The van der Waals surface area contributed by atoms with Crippen LogP contribution in [0.25, 0.3) is 0 Å². The molecule has 0 aromatic carbocycles. The van der Waals surface area contributed by atoms with E-state index in [9.17, 15) is 4.79 Å². The topological polar surface area (TPSA) is 44.1 Å². The minimum Gasteiger partial charge on any atom is -0.327 e. The first kappa shape index (κ1) is 14.1. The Morgan fingerprint density at radius 2 is 2.17 bits per heavy atom. The molecule has 70 valence electrons. The number of carbonyl (C=O) groups excluding carboxylic acids is 1. The van der Waals surface area contributed by atoms with Crippen molar-refractivity contribution in [3.63, 3.8) is 0 Å². The number of hydrogen-bond acceptors (Lipinski definition) is 2. The molecule has 1 aliphatic rings. The maximum absolute atomic E-state index is 10.8. The summed E-state index contributed by atoms with van der Waals surface area (Å²) in [5, 5.41) is 8.54. The molecule has 1 fully saturated rings. The highest BCUT2D eigenvalue weighted by Gasteiger charge is 2.25. The molecular weight excluding hydrogens is 199 g/mol. The number of halogens is 2. The molecule has 3 nitrogen and oxygen atoms in total. The summed E-state index contributed by atoms with van der Waals surface area (Å²) in [7, 11) is 0. The fraction of sp³-hybridized carbons (Fsp3) is 0.714. The summed E-state index contributed by atoms with van der Waals surface area (Å²) >= 11 is 0. The molecule has 1 atom stereocenters. The van der Waals surface area contributed by atoms with Gasteiger partial charge in [-0.1, -0.05) is 0 Å². The summed E-state index contributed by atoms with van der Waals surface area (Å²) in [4.78, 5) is 12.4. The van der Waals surface area contributed by atoms with E-state index in [1.165, 1.54) is 6.92 Å². The summed E-state index contributed by atoms with van der Waals surface area (Å²) in [6, 6.07) is 1.95. The molecule has 0 radical (unpaired) electrons. The van der Waals surface area contributed by atoms with Crippen LogP contribution in [0.15, 0.2) is 0 Å². The van der Waals surface area contributed by atoms with Crippen molar-refractivity contribution in [1.29, 1.82) is 5.26 Å². The van der Waals surface area contributed by atoms with E-state index in [1.54, 1.807) is 4.90 Å². The zero-order valence-corrected chi connectivity index (χ0v) is 8.45. The lowest BCUT2D eigenvalue weighted by molar-refractivity contribution is -0.128. The second kappa shape index (κ2) is 6.10. The van der Waals surface area contributed by atoms with Gasteiger partial charge in [0, 0.05) is 13.5 Å². The minimum absolute atomic E-state index is 0. The molecule has 0 aromatic rings. The number of rotatable bonds is 0. The van der Waals surface area contributed by atoms with E-state index in [4.69, 9.17) is 5.26 Å². The molecule has 5 heteroatoms. The van der Waals surface area contributed by atoms with Gasteiger partial charge in [-0.05, 0) is 12.8 Å². The van der Waals surface area contributed by atoms with Crippen molar-refractivity contribution < 1.29 is 4.79 Å². The Hall–Kier alpha value is -0.460. The number of likely N-dealkylation sites (tertiary alicyclic amines) is 1. The summed E-state index contributed by atoms with van der Waals surface area (Å²) in [5.74, 6) is 0.0176. The van der Waals surface area contributed by atoms with Gasteiger partial charge in [-0.25, -0.2) is 0 Å². The molecule has 1 rings (SSSR count). The molecule has 0 spiro atoms. The van der Waals surface area contributed by atoms with Crippen molar-refractivity contribution in [3.8, 4) is 6.07 Å². The van der Waals surface area contributed by atoms with Crippen LogP contribution in [0, 0.1) is 11.3 Å². The zero-order valence-electron chi connectivity index (χ0n) is 6.82. The average molecular weight is 211 g/mol. The summed E-state index contributed by atoms with van der Waals surface area (Å²) in [6.07, 6.45) is 1.81. The molecule has 1 amide bonds. The molecule has 0 N–H and O–H groups in total. The lowest BCUT2D eigenvalue weighted by Crippen LogP contribution is -2.32. The van der Waals surface area contributed by atoms with Gasteiger partial charge in [0.15, 0.2) is 0 Å². The fourth-order valence-corrected chi connectivity index (χ4v) is 1.28. The number of hydrogen-bond donors (Lipinski definition) is 0. The molecule has 1 saturated heterocycles. The second-order valence-electron chi connectivity index (χ2n) is 2.50. The van der Waals surface area contributed by atoms with Gasteiger partial charge < -0.3 is 4.90 Å². The monoisotopic (exact) mass is 210 g/mol. The molecule has 12 heavy (non-hydrogen) atoms. The van der Waals surface area contributed by atoms with Gasteiger partial charge in [-0.3, -0.25) is 4.79 Å². The van der Waals surface area contributed by atoms with Crippen molar-refractivity contribution in [2.75, 3.05) is 6.54 Å². The summed E-state index contributed by atoms with van der Waals surface area (Å²) in [6.45, 7) is 2.27. The Morgan fingerprint density at radius 3 is 2.50 bits per heavy atom. The average Bonchev–Trinajstić information content (AvgIpc) is 2.33. The summed E-state index contributed by atoms with van der Waals surface area (Å²) in [5.41, 5.74) is 0. The van der Waals surface area contributed by atoms with Gasteiger partial charge in [0.05, 0.1) is 6.07 Å². The van der Waals surface area contributed by atoms with Crippen LogP contribution < -0.4 is 0 Å². The minimum atomic E-state index is -0.155. The van der Waals surface area contributed by atoms with Crippen LogP contribution in [0.3, 0.4) is 0 Å². The van der Waals surface area contributed by atoms with E-state index in [0.717, 1.165) is 19.4 Å². The van der Waals surface area contributed by atoms with Crippen LogP contribution in [-0.4, -0.2) is 23.4 Å². The lowest BCUT2D eigenvalue weighted by atomic mass is 10.2. The Labute approximate surface area is 84.5 Å². The van der Waals surface area contributed by atoms with Gasteiger partial charge >= 0.3 is 0 Å². The highest BCUT2D eigenvalue weighted by Crippen LogP contribution is 2.15. The van der Waals surface area contributed by atoms with Crippen LogP contribution in [0.4, 0.5) is 0 Å². The molecule has 0 aromatic heterocycles. The van der Waals surface area contributed by atoms with E-state index in [-0.39, 0.29) is 36.8 Å². The van der Waals surface area contributed by atoms with E-state index < -0.39 is 0 Å². The molecule has 0 unspecified atom stereocenters. The molecule has 0 bridgehead atoms. The van der Waals surface area contributed by atoms with Gasteiger partial charge in [0.2, 0.25) is 5.91 Å². The normalized spacial score (nSPS) is 20.3. The van der Waals surface area contributed by atoms with E-state index in [0.29, 0.717) is 0 Å². The maximum atomic E-state index is 10.8. The molecule has 0 aliphatic carbocycles. The van der Waals surface area contributed by atoms with Crippen LogP contribution in [0.1, 0.15) is 19.8 Å². The van der Waals surface area contributed by atoms with Crippen LogP contribution in [0.2, 0.25) is 0 Å². The van der Waals surface area contributed by atoms with Gasteiger partial charge in [0.1, 0.15) is 6.04 Å². The van der Waals surface area contributed by atoms with Crippen molar-refractivity contribution in [3.05, 3.63) is 0 Å². The highest BCUT2D eigenvalue weighted by molar-refractivity contribution is 5.85. The first-order chi connectivity index (χ1) is 4.75. The first-order valence-corrected chi connectivity index (χ1v) is 3.42. The zero-order chi connectivity index (χ0) is 7.56. The number of amides is 1. The maximum Gasteiger partial charge on any atom is 0.220 e. The molecule has 1 heterocycles. The third kappa shape index (κ3) is 2.88. The van der Waals surface area contributed by atoms with Gasteiger partial charge in [-0.15, -0.1) is 24.8 Å². The Morgan fingerprint density at radius 1 is 1.58 bits per heavy atom. The molecular formula is C7H12Cl2N2O. The predicted octanol–water partition coefficient (Wildman–Crippen LogP) is 1.36.